The number of hydrogen-bond acceptors (Lipinski definition) is 2. The SMILES string of the molecule is Cc1ccc2nc(-c3cccc(NC(=O)/C=C/c4ccccc4)c3)cn2c1. The molecule has 132 valence electrons. The summed E-state index contributed by atoms with van der Waals surface area (Å²) in [6.07, 6.45) is 7.38. The maximum absolute atomic E-state index is 12.2. The molecule has 4 nitrogen and oxygen atoms in total. The van der Waals surface area contributed by atoms with Gasteiger partial charge in [-0.2, -0.15) is 0 Å². The number of nitrogens with one attached hydrogen (secondary N) is 1. The van der Waals surface area contributed by atoms with E-state index in [1.54, 1.807) is 6.08 Å². The van der Waals surface area contributed by atoms with Crippen molar-refractivity contribution < 1.29 is 4.79 Å². The van der Waals surface area contributed by atoms with Crippen molar-refractivity contribution in [2.75, 3.05) is 5.32 Å². The van der Waals surface area contributed by atoms with Crippen LogP contribution in [0.5, 0.6) is 0 Å². The van der Waals surface area contributed by atoms with Gasteiger partial charge in [0, 0.05) is 29.7 Å². The van der Waals surface area contributed by atoms with Crippen molar-refractivity contribution in [1.82, 2.24) is 9.38 Å². The van der Waals surface area contributed by atoms with Crippen LogP contribution in [0.15, 0.2) is 85.2 Å². The van der Waals surface area contributed by atoms with Gasteiger partial charge >= 0.3 is 0 Å². The Kier molecular flexibility index (Phi) is 4.54. The Morgan fingerprint density at radius 2 is 1.85 bits per heavy atom. The summed E-state index contributed by atoms with van der Waals surface area (Å²) in [4.78, 5) is 16.9. The summed E-state index contributed by atoms with van der Waals surface area (Å²) < 4.78 is 2.01. The first-order valence-corrected chi connectivity index (χ1v) is 8.77. The third kappa shape index (κ3) is 3.96. The van der Waals surface area contributed by atoms with Crippen molar-refractivity contribution in [3.8, 4) is 11.3 Å². The van der Waals surface area contributed by atoms with Gasteiger partial charge in [0.1, 0.15) is 5.65 Å². The minimum atomic E-state index is -0.165. The van der Waals surface area contributed by atoms with Crippen molar-refractivity contribution in [1.29, 1.82) is 0 Å². The second kappa shape index (κ2) is 7.30. The highest BCUT2D eigenvalue weighted by atomic mass is 16.1. The number of anilines is 1. The molecule has 0 radical (unpaired) electrons. The smallest absolute Gasteiger partial charge is 0.248 e. The monoisotopic (exact) mass is 353 g/mol. The van der Waals surface area contributed by atoms with Gasteiger partial charge in [-0.15, -0.1) is 0 Å². The normalized spacial score (nSPS) is 11.1. The van der Waals surface area contributed by atoms with E-state index in [-0.39, 0.29) is 5.91 Å². The number of amides is 1. The molecule has 2 aromatic heterocycles. The zero-order valence-corrected chi connectivity index (χ0v) is 15.0. The standard InChI is InChI=1S/C23H19N3O/c1-17-10-12-22-25-21(16-26(22)15-17)19-8-5-9-20(14-19)24-23(27)13-11-18-6-3-2-4-7-18/h2-16H,1H3,(H,24,27)/b13-11+. The number of carbonyl (C=O) groups is 1. The van der Waals surface area contributed by atoms with Crippen molar-refractivity contribution in [3.63, 3.8) is 0 Å². The van der Waals surface area contributed by atoms with Crippen LogP contribution in [0.2, 0.25) is 0 Å². The predicted octanol–water partition coefficient (Wildman–Crippen LogP) is 4.96. The summed E-state index contributed by atoms with van der Waals surface area (Å²) in [5, 5.41) is 2.90. The summed E-state index contributed by atoms with van der Waals surface area (Å²) in [5.74, 6) is -0.165. The Bertz CT molecular complexity index is 1130. The van der Waals surface area contributed by atoms with Crippen molar-refractivity contribution in [2.24, 2.45) is 0 Å². The fourth-order valence-corrected chi connectivity index (χ4v) is 2.92. The molecule has 27 heavy (non-hydrogen) atoms. The summed E-state index contributed by atoms with van der Waals surface area (Å²) >= 11 is 0. The highest BCUT2D eigenvalue weighted by Crippen LogP contribution is 2.23. The van der Waals surface area contributed by atoms with Crippen molar-refractivity contribution in [3.05, 3.63) is 96.3 Å². The van der Waals surface area contributed by atoms with E-state index in [1.807, 2.05) is 83.5 Å². The maximum atomic E-state index is 12.2. The highest BCUT2D eigenvalue weighted by molar-refractivity contribution is 6.02. The Balaban J connectivity index is 1.53. The second-order valence-electron chi connectivity index (χ2n) is 6.41. The number of rotatable bonds is 4. The molecule has 4 heteroatoms. The van der Waals surface area contributed by atoms with Crippen molar-refractivity contribution in [2.45, 2.75) is 6.92 Å². The van der Waals surface area contributed by atoms with Crippen LogP contribution >= 0.6 is 0 Å². The van der Waals surface area contributed by atoms with E-state index in [9.17, 15) is 4.79 Å². The maximum Gasteiger partial charge on any atom is 0.248 e. The van der Waals surface area contributed by atoms with Gasteiger partial charge in [0.2, 0.25) is 5.91 Å². The van der Waals surface area contributed by atoms with Gasteiger partial charge in [-0.1, -0.05) is 48.5 Å². The molecule has 0 bridgehead atoms. The first-order valence-electron chi connectivity index (χ1n) is 8.77. The molecular weight excluding hydrogens is 334 g/mol. The quantitative estimate of drug-likeness (QED) is 0.527. The average molecular weight is 353 g/mol. The molecule has 4 aromatic rings. The van der Waals surface area contributed by atoms with Gasteiger partial charge in [0.05, 0.1) is 5.69 Å². The molecule has 0 fully saturated rings. The second-order valence-corrected chi connectivity index (χ2v) is 6.41. The molecule has 0 atom stereocenters. The predicted molar refractivity (Wildman–Crippen MR) is 109 cm³/mol. The van der Waals surface area contributed by atoms with Crippen LogP contribution in [0.3, 0.4) is 0 Å². The lowest BCUT2D eigenvalue weighted by atomic mass is 10.1. The number of benzene rings is 2. The van der Waals surface area contributed by atoms with E-state index in [0.29, 0.717) is 0 Å². The largest absolute Gasteiger partial charge is 0.322 e. The molecule has 0 spiro atoms. The van der Waals surface area contributed by atoms with Gasteiger partial charge in [-0.05, 0) is 42.3 Å². The molecule has 0 unspecified atom stereocenters. The third-order valence-corrected chi connectivity index (χ3v) is 4.25. The Labute approximate surface area is 157 Å². The number of aromatic nitrogens is 2. The highest BCUT2D eigenvalue weighted by Gasteiger charge is 2.06. The molecule has 0 saturated carbocycles. The molecule has 0 aliphatic rings. The molecule has 2 aromatic carbocycles. The van der Waals surface area contributed by atoms with E-state index in [4.69, 9.17) is 0 Å². The lowest BCUT2D eigenvalue weighted by molar-refractivity contribution is -0.111. The van der Waals surface area contributed by atoms with Crippen LogP contribution in [0.25, 0.3) is 23.0 Å². The number of hydrogen-bond donors (Lipinski definition) is 1. The van der Waals surface area contributed by atoms with Gasteiger partial charge < -0.3 is 9.72 Å². The van der Waals surface area contributed by atoms with E-state index in [1.165, 1.54) is 11.6 Å². The number of imidazole rings is 1. The fraction of sp³-hybridized carbons (Fsp3) is 0.0435. The number of nitrogens with zero attached hydrogens (tertiary/aromatic N) is 2. The fourth-order valence-electron chi connectivity index (χ4n) is 2.92. The molecule has 1 amide bonds. The van der Waals surface area contributed by atoms with Crippen LogP contribution in [0.4, 0.5) is 5.69 Å². The van der Waals surface area contributed by atoms with Crippen LogP contribution in [0, 0.1) is 6.92 Å². The van der Waals surface area contributed by atoms with Crippen molar-refractivity contribution >= 4 is 23.3 Å². The summed E-state index contributed by atoms with van der Waals surface area (Å²) in [7, 11) is 0. The van der Waals surface area contributed by atoms with E-state index >= 15 is 0 Å². The lowest BCUT2D eigenvalue weighted by Crippen LogP contribution is -2.07. The number of carbonyl (C=O) groups excluding carboxylic acids is 1. The first kappa shape index (κ1) is 16.8. The van der Waals surface area contributed by atoms with Gasteiger partial charge in [0.25, 0.3) is 0 Å². The summed E-state index contributed by atoms with van der Waals surface area (Å²) in [6.45, 7) is 2.05. The van der Waals surface area contributed by atoms with Crippen LogP contribution in [0.1, 0.15) is 11.1 Å². The molecule has 1 N–H and O–H groups in total. The first-order chi connectivity index (χ1) is 13.2. The Morgan fingerprint density at radius 1 is 1.00 bits per heavy atom. The van der Waals surface area contributed by atoms with Gasteiger partial charge in [0.15, 0.2) is 0 Å². The van der Waals surface area contributed by atoms with Crippen LogP contribution in [-0.4, -0.2) is 15.3 Å². The van der Waals surface area contributed by atoms with E-state index < -0.39 is 0 Å². The molecule has 0 saturated heterocycles. The summed E-state index contributed by atoms with van der Waals surface area (Å²) in [6, 6.07) is 21.5. The number of fused-ring (bicyclic) bond motifs is 1. The van der Waals surface area contributed by atoms with Crippen LogP contribution < -0.4 is 5.32 Å². The lowest BCUT2D eigenvalue weighted by Gasteiger charge is -2.04. The molecular formula is C23H19N3O. The van der Waals surface area contributed by atoms with Gasteiger partial charge in [-0.3, -0.25) is 4.79 Å². The Morgan fingerprint density at radius 3 is 2.70 bits per heavy atom. The molecule has 0 aliphatic heterocycles. The van der Waals surface area contributed by atoms with E-state index in [0.717, 1.165) is 28.2 Å². The number of pyridine rings is 1. The number of aryl methyl sites for hydroxylation is 1. The van der Waals surface area contributed by atoms with Crippen LogP contribution in [-0.2, 0) is 4.79 Å². The molecule has 2 heterocycles. The minimum Gasteiger partial charge on any atom is -0.322 e. The minimum absolute atomic E-state index is 0.165. The Hall–Kier alpha value is -3.66. The van der Waals surface area contributed by atoms with E-state index in [2.05, 4.69) is 17.2 Å². The molecule has 4 rings (SSSR count). The zero-order valence-electron chi connectivity index (χ0n) is 15.0. The average Bonchev–Trinajstić information content (AvgIpc) is 3.11. The molecule has 0 aliphatic carbocycles. The third-order valence-electron chi connectivity index (χ3n) is 4.25. The zero-order chi connectivity index (χ0) is 18.6. The summed E-state index contributed by atoms with van der Waals surface area (Å²) in [5.41, 5.74) is 5.64. The van der Waals surface area contributed by atoms with Gasteiger partial charge in [-0.25, -0.2) is 4.98 Å². The topological polar surface area (TPSA) is 46.4 Å².